The van der Waals surface area contributed by atoms with Gasteiger partial charge < -0.3 is 0 Å². The molecule has 20 heavy (non-hydrogen) atoms. The van der Waals surface area contributed by atoms with Gasteiger partial charge in [0.2, 0.25) is 0 Å². The Hall–Kier alpha value is -1.16. The summed E-state index contributed by atoms with van der Waals surface area (Å²) >= 11 is 3.52. The molecule has 0 saturated heterocycles. The molecule has 0 spiro atoms. The van der Waals surface area contributed by atoms with E-state index >= 15 is 0 Å². The molecule has 0 aliphatic carbocycles. The zero-order chi connectivity index (χ0) is 14.7. The van der Waals surface area contributed by atoms with Crippen LogP contribution in [0.4, 0.5) is 0 Å². The van der Waals surface area contributed by atoms with Crippen molar-refractivity contribution >= 4 is 15.9 Å². The van der Waals surface area contributed by atoms with Crippen molar-refractivity contribution in [2.45, 2.75) is 33.2 Å². The van der Waals surface area contributed by atoms with Crippen molar-refractivity contribution < 1.29 is 0 Å². The molecular weight excluding hydrogens is 312 g/mol. The summed E-state index contributed by atoms with van der Waals surface area (Å²) in [6.45, 7) is 6.43. The van der Waals surface area contributed by atoms with Gasteiger partial charge in [-0.3, -0.25) is 11.3 Å². The zero-order valence-electron chi connectivity index (χ0n) is 12.2. The number of halogens is 1. The number of nitrogens with two attached hydrogens (primary N) is 1. The van der Waals surface area contributed by atoms with Gasteiger partial charge in [0.15, 0.2) is 0 Å². The van der Waals surface area contributed by atoms with Gasteiger partial charge in [0, 0.05) is 4.47 Å². The first-order valence-corrected chi connectivity index (χ1v) is 7.59. The first-order valence-electron chi connectivity index (χ1n) is 6.79. The highest BCUT2D eigenvalue weighted by Gasteiger charge is 2.16. The Balaban J connectivity index is 2.34. The van der Waals surface area contributed by atoms with E-state index in [9.17, 15) is 0 Å². The van der Waals surface area contributed by atoms with Gasteiger partial charge in [0.1, 0.15) is 0 Å². The Morgan fingerprint density at radius 1 is 1.10 bits per heavy atom. The summed E-state index contributed by atoms with van der Waals surface area (Å²) in [5, 5.41) is 0. The van der Waals surface area contributed by atoms with Crippen molar-refractivity contribution in [3.63, 3.8) is 0 Å². The third-order valence-electron chi connectivity index (χ3n) is 3.62. The van der Waals surface area contributed by atoms with Crippen molar-refractivity contribution in [2.75, 3.05) is 0 Å². The predicted molar refractivity (Wildman–Crippen MR) is 88.6 cm³/mol. The average molecular weight is 333 g/mol. The monoisotopic (exact) mass is 332 g/mol. The molecule has 0 saturated carbocycles. The molecule has 2 aromatic carbocycles. The number of hydrogen-bond donors (Lipinski definition) is 2. The lowest BCUT2D eigenvalue weighted by Gasteiger charge is -2.22. The fourth-order valence-corrected chi connectivity index (χ4v) is 3.33. The van der Waals surface area contributed by atoms with E-state index in [4.69, 9.17) is 5.84 Å². The molecule has 0 aliphatic rings. The molecule has 2 aromatic rings. The molecule has 0 radical (unpaired) electrons. The first-order chi connectivity index (χ1) is 9.51. The van der Waals surface area contributed by atoms with Crippen LogP contribution in [0.2, 0.25) is 0 Å². The number of benzene rings is 2. The second-order valence-corrected chi connectivity index (χ2v) is 6.28. The minimum atomic E-state index is 0.130. The van der Waals surface area contributed by atoms with Crippen LogP contribution >= 0.6 is 15.9 Å². The van der Waals surface area contributed by atoms with Crippen molar-refractivity contribution in [3.05, 3.63) is 68.7 Å². The number of hydrogen-bond acceptors (Lipinski definition) is 2. The molecule has 2 nitrogen and oxygen atoms in total. The van der Waals surface area contributed by atoms with Crippen LogP contribution in [-0.4, -0.2) is 0 Å². The summed E-state index contributed by atoms with van der Waals surface area (Å²) in [7, 11) is 0. The van der Waals surface area contributed by atoms with Crippen LogP contribution in [0.5, 0.6) is 0 Å². The topological polar surface area (TPSA) is 38.0 Å². The summed E-state index contributed by atoms with van der Waals surface area (Å²) in [4.78, 5) is 0. The molecular formula is C17H21BrN2. The Morgan fingerprint density at radius 3 is 2.30 bits per heavy atom. The van der Waals surface area contributed by atoms with Crippen LogP contribution in [0, 0.1) is 20.8 Å². The third-order valence-corrected chi connectivity index (χ3v) is 4.11. The highest BCUT2D eigenvalue weighted by molar-refractivity contribution is 9.10. The normalized spacial score (nSPS) is 12.4. The average Bonchev–Trinajstić information content (AvgIpc) is 2.36. The molecule has 0 bridgehead atoms. The first kappa shape index (κ1) is 15.2. The van der Waals surface area contributed by atoms with Gasteiger partial charge >= 0.3 is 0 Å². The van der Waals surface area contributed by atoms with E-state index in [-0.39, 0.29) is 6.04 Å². The summed E-state index contributed by atoms with van der Waals surface area (Å²) in [6, 6.07) is 12.9. The Bertz CT molecular complexity index is 585. The maximum atomic E-state index is 5.80. The van der Waals surface area contributed by atoms with E-state index in [0.29, 0.717) is 0 Å². The Morgan fingerprint density at radius 2 is 1.75 bits per heavy atom. The van der Waals surface area contributed by atoms with Crippen LogP contribution in [-0.2, 0) is 6.42 Å². The fraction of sp³-hybridized carbons (Fsp3) is 0.294. The largest absolute Gasteiger partial charge is 0.271 e. The highest BCUT2D eigenvalue weighted by atomic mass is 79.9. The quantitative estimate of drug-likeness (QED) is 0.652. The Labute approximate surface area is 129 Å². The molecule has 0 heterocycles. The maximum absolute atomic E-state index is 5.80. The van der Waals surface area contributed by atoms with Gasteiger partial charge in [-0.15, -0.1) is 0 Å². The fourth-order valence-electron chi connectivity index (χ4n) is 2.88. The second kappa shape index (κ2) is 6.53. The predicted octanol–water partition coefficient (Wildman–Crippen LogP) is 4.12. The minimum absolute atomic E-state index is 0.130. The van der Waals surface area contributed by atoms with E-state index < -0.39 is 0 Å². The highest BCUT2D eigenvalue weighted by Crippen LogP contribution is 2.26. The molecule has 1 unspecified atom stereocenters. The van der Waals surface area contributed by atoms with Crippen molar-refractivity contribution in [3.8, 4) is 0 Å². The molecule has 3 heteroatoms. The van der Waals surface area contributed by atoms with Crippen LogP contribution in [0.3, 0.4) is 0 Å². The van der Waals surface area contributed by atoms with E-state index in [1.807, 2.05) is 6.07 Å². The molecule has 3 N–H and O–H groups in total. The van der Waals surface area contributed by atoms with Gasteiger partial charge in [-0.1, -0.05) is 45.8 Å². The minimum Gasteiger partial charge on any atom is -0.271 e. The summed E-state index contributed by atoms with van der Waals surface area (Å²) in [5.41, 5.74) is 9.42. The number of aryl methyl sites for hydroxylation is 3. The van der Waals surface area contributed by atoms with Crippen molar-refractivity contribution in [1.29, 1.82) is 0 Å². The van der Waals surface area contributed by atoms with Gasteiger partial charge in [0.25, 0.3) is 0 Å². The lowest BCUT2D eigenvalue weighted by Crippen LogP contribution is -2.30. The van der Waals surface area contributed by atoms with Crippen LogP contribution in [0.15, 0.2) is 40.9 Å². The summed E-state index contributed by atoms with van der Waals surface area (Å²) in [6.07, 6.45) is 0.876. The summed E-state index contributed by atoms with van der Waals surface area (Å²) < 4.78 is 1.10. The van der Waals surface area contributed by atoms with E-state index in [0.717, 1.165) is 10.9 Å². The van der Waals surface area contributed by atoms with Crippen LogP contribution in [0.1, 0.15) is 33.9 Å². The standard InChI is InChI=1S/C17H21BrN2/c1-11-7-12(2)17(13(3)8-11)16(20-19)10-14-5-4-6-15(18)9-14/h4-9,16,20H,10,19H2,1-3H3. The van der Waals surface area contributed by atoms with Gasteiger partial charge in [0.05, 0.1) is 6.04 Å². The number of nitrogens with one attached hydrogen (secondary N) is 1. The van der Waals surface area contributed by atoms with E-state index in [1.165, 1.54) is 27.8 Å². The van der Waals surface area contributed by atoms with Gasteiger partial charge in [-0.05, 0) is 61.6 Å². The number of hydrazine groups is 1. The molecule has 106 valence electrons. The van der Waals surface area contributed by atoms with Crippen LogP contribution < -0.4 is 11.3 Å². The number of rotatable bonds is 4. The maximum Gasteiger partial charge on any atom is 0.0505 e. The molecule has 0 fully saturated rings. The van der Waals surface area contributed by atoms with Crippen LogP contribution in [0.25, 0.3) is 0 Å². The van der Waals surface area contributed by atoms with Gasteiger partial charge in [-0.25, -0.2) is 0 Å². The summed E-state index contributed by atoms with van der Waals surface area (Å²) in [5.74, 6) is 5.80. The molecule has 0 aliphatic heterocycles. The Kier molecular flexibility index (Phi) is 4.97. The van der Waals surface area contributed by atoms with Crippen molar-refractivity contribution in [1.82, 2.24) is 5.43 Å². The van der Waals surface area contributed by atoms with Crippen molar-refractivity contribution in [2.24, 2.45) is 5.84 Å². The van der Waals surface area contributed by atoms with E-state index in [2.05, 4.69) is 72.5 Å². The molecule has 0 aromatic heterocycles. The van der Waals surface area contributed by atoms with E-state index in [1.54, 1.807) is 0 Å². The smallest absolute Gasteiger partial charge is 0.0505 e. The lowest BCUT2D eigenvalue weighted by molar-refractivity contribution is 0.546. The lowest BCUT2D eigenvalue weighted by atomic mass is 9.91. The molecule has 0 amide bonds. The second-order valence-electron chi connectivity index (χ2n) is 5.37. The SMILES string of the molecule is Cc1cc(C)c(C(Cc2cccc(Br)c2)NN)c(C)c1. The molecule has 2 rings (SSSR count). The third kappa shape index (κ3) is 3.48. The zero-order valence-corrected chi connectivity index (χ0v) is 13.8. The molecule has 1 atom stereocenters. The van der Waals surface area contributed by atoms with Gasteiger partial charge in [-0.2, -0.15) is 0 Å².